The van der Waals surface area contributed by atoms with E-state index >= 15 is 0 Å². The SMILES string of the molecule is CCOC(=O)N1CCC(NC(=O)COC(=O)c2cc(Cl)sc2Cl)CC1. The van der Waals surface area contributed by atoms with Crippen molar-refractivity contribution in [2.75, 3.05) is 26.3 Å². The zero-order chi connectivity index (χ0) is 18.4. The molecule has 0 radical (unpaired) electrons. The Balaban J connectivity index is 1.72. The van der Waals surface area contributed by atoms with Gasteiger partial charge in [-0.25, -0.2) is 9.59 Å². The number of likely N-dealkylation sites (tertiary alicyclic amines) is 1. The van der Waals surface area contributed by atoms with Crippen LogP contribution in [-0.2, 0) is 14.3 Å². The van der Waals surface area contributed by atoms with Crippen molar-refractivity contribution in [1.82, 2.24) is 10.2 Å². The first kappa shape index (κ1) is 19.8. The fourth-order valence-electron chi connectivity index (χ4n) is 2.38. The Morgan fingerprint density at radius 1 is 1.28 bits per heavy atom. The largest absolute Gasteiger partial charge is 0.452 e. The predicted octanol–water partition coefficient (Wildman–Crippen LogP) is 2.95. The molecule has 1 aliphatic heterocycles. The molecule has 0 saturated carbocycles. The minimum atomic E-state index is -0.694. The fraction of sp³-hybridized carbons (Fsp3) is 0.533. The Labute approximate surface area is 159 Å². The summed E-state index contributed by atoms with van der Waals surface area (Å²) in [7, 11) is 0. The molecular formula is C15H18Cl2N2O5S. The zero-order valence-electron chi connectivity index (χ0n) is 13.5. The molecule has 1 aromatic rings. The number of hydrogen-bond acceptors (Lipinski definition) is 6. The molecule has 1 saturated heterocycles. The van der Waals surface area contributed by atoms with Gasteiger partial charge in [-0.05, 0) is 25.8 Å². The van der Waals surface area contributed by atoms with Crippen LogP contribution in [0.4, 0.5) is 4.79 Å². The number of rotatable bonds is 5. The normalized spacial score (nSPS) is 14.9. The molecular weight excluding hydrogens is 391 g/mol. The topological polar surface area (TPSA) is 84.9 Å². The van der Waals surface area contributed by atoms with Crippen molar-refractivity contribution in [1.29, 1.82) is 0 Å². The minimum absolute atomic E-state index is 0.0731. The summed E-state index contributed by atoms with van der Waals surface area (Å²) < 4.78 is 10.5. The number of halogens is 2. The van der Waals surface area contributed by atoms with Crippen LogP contribution in [0.1, 0.15) is 30.1 Å². The van der Waals surface area contributed by atoms with Gasteiger partial charge in [0, 0.05) is 19.1 Å². The second-order valence-corrected chi connectivity index (χ2v) is 7.63. The van der Waals surface area contributed by atoms with Crippen molar-refractivity contribution in [3.05, 3.63) is 20.3 Å². The van der Waals surface area contributed by atoms with E-state index in [0.717, 1.165) is 11.3 Å². The summed E-state index contributed by atoms with van der Waals surface area (Å²) in [6, 6.07) is 1.33. The molecule has 0 spiro atoms. The monoisotopic (exact) mass is 408 g/mol. The van der Waals surface area contributed by atoms with Gasteiger partial charge in [0.2, 0.25) is 0 Å². The van der Waals surface area contributed by atoms with Crippen LogP contribution in [-0.4, -0.2) is 55.2 Å². The number of ether oxygens (including phenoxy) is 2. The molecule has 2 amide bonds. The molecule has 0 aliphatic carbocycles. The summed E-state index contributed by atoms with van der Waals surface area (Å²) in [5.74, 6) is -1.10. The van der Waals surface area contributed by atoms with Crippen LogP contribution in [0.15, 0.2) is 6.07 Å². The molecule has 2 heterocycles. The fourth-order valence-corrected chi connectivity index (χ4v) is 3.82. The van der Waals surface area contributed by atoms with E-state index in [0.29, 0.717) is 36.9 Å². The van der Waals surface area contributed by atoms with Gasteiger partial charge in [0.05, 0.1) is 16.5 Å². The van der Waals surface area contributed by atoms with Crippen LogP contribution >= 0.6 is 34.5 Å². The molecule has 25 heavy (non-hydrogen) atoms. The van der Waals surface area contributed by atoms with Gasteiger partial charge in [-0.3, -0.25) is 4.79 Å². The molecule has 138 valence electrons. The Kier molecular flexibility index (Phi) is 7.34. The summed E-state index contributed by atoms with van der Waals surface area (Å²) in [5.41, 5.74) is 0.146. The lowest BCUT2D eigenvalue weighted by atomic mass is 10.1. The number of nitrogens with one attached hydrogen (secondary N) is 1. The summed E-state index contributed by atoms with van der Waals surface area (Å²) in [4.78, 5) is 37.0. The average Bonchev–Trinajstić information content (AvgIpc) is 2.92. The van der Waals surface area contributed by atoms with E-state index in [1.54, 1.807) is 11.8 Å². The molecule has 10 heteroatoms. The average molecular weight is 409 g/mol. The van der Waals surface area contributed by atoms with Gasteiger partial charge in [-0.2, -0.15) is 0 Å². The van der Waals surface area contributed by atoms with Crippen molar-refractivity contribution in [2.24, 2.45) is 0 Å². The number of amides is 2. The standard InChI is InChI=1S/C15H18Cl2N2O5S/c1-2-23-15(22)19-5-3-9(4-6-19)18-12(20)8-24-14(21)10-7-11(16)25-13(10)17/h7,9H,2-6,8H2,1H3,(H,18,20). The van der Waals surface area contributed by atoms with Crippen molar-refractivity contribution in [2.45, 2.75) is 25.8 Å². The van der Waals surface area contributed by atoms with Gasteiger partial charge in [0.25, 0.3) is 5.91 Å². The molecule has 1 aromatic heterocycles. The second kappa shape index (κ2) is 9.26. The molecule has 0 atom stereocenters. The highest BCUT2D eigenvalue weighted by Crippen LogP contribution is 2.31. The predicted molar refractivity (Wildman–Crippen MR) is 94.4 cm³/mol. The number of hydrogen-bond donors (Lipinski definition) is 1. The minimum Gasteiger partial charge on any atom is -0.452 e. The van der Waals surface area contributed by atoms with E-state index in [1.807, 2.05) is 0 Å². The van der Waals surface area contributed by atoms with Gasteiger partial charge in [0.15, 0.2) is 6.61 Å². The lowest BCUT2D eigenvalue weighted by molar-refractivity contribution is -0.125. The van der Waals surface area contributed by atoms with Gasteiger partial charge >= 0.3 is 12.1 Å². The lowest BCUT2D eigenvalue weighted by Crippen LogP contribution is -2.47. The zero-order valence-corrected chi connectivity index (χ0v) is 15.9. The summed E-state index contributed by atoms with van der Waals surface area (Å²) in [5, 5.41) is 2.79. The van der Waals surface area contributed by atoms with Crippen LogP contribution in [0.3, 0.4) is 0 Å². The number of nitrogens with zero attached hydrogens (tertiary/aromatic N) is 1. The molecule has 1 N–H and O–H groups in total. The van der Waals surface area contributed by atoms with Crippen molar-refractivity contribution in [3.8, 4) is 0 Å². The second-order valence-electron chi connectivity index (χ2n) is 5.34. The maximum atomic E-state index is 11.9. The first-order chi connectivity index (χ1) is 11.9. The lowest BCUT2D eigenvalue weighted by Gasteiger charge is -2.31. The molecule has 1 aliphatic rings. The Bertz CT molecular complexity index is 644. The number of thiophene rings is 1. The van der Waals surface area contributed by atoms with Gasteiger partial charge in [-0.15, -0.1) is 11.3 Å². The maximum absolute atomic E-state index is 11.9. The van der Waals surface area contributed by atoms with Crippen LogP contribution in [0, 0.1) is 0 Å². The summed E-state index contributed by atoms with van der Waals surface area (Å²) in [6.07, 6.45) is 0.891. The van der Waals surface area contributed by atoms with E-state index < -0.39 is 18.5 Å². The highest BCUT2D eigenvalue weighted by atomic mass is 35.5. The first-order valence-corrected chi connectivity index (χ1v) is 9.31. The highest BCUT2D eigenvalue weighted by molar-refractivity contribution is 7.20. The smallest absolute Gasteiger partial charge is 0.409 e. The third-order valence-corrected chi connectivity index (χ3v) is 5.08. The van der Waals surface area contributed by atoms with Crippen LogP contribution in [0.5, 0.6) is 0 Å². The van der Waals surface area contributed by atoms with Crippen LogP contribution in [0.2, 0.25) is 8.67 Å². The Hall–Kier alpha value is -1.51. The van der Waals surface area contributed by atoms with Crippen LogP contribution in [0.25, 0.3) is 0 Å². The van der Waals surface area contributed by atoms with E-state index in [9.17, 15) is 14.4 Å². The van der Waals surface area contributed by atoms with E-state index in [2.05, 4.69) is 5.32 Å². The van der Waals surface area contributed by atoms with Crippen molar-refractivity contribution < 1.29 is 23.9 Å². The first-order valence-electron chi connectivity index (χ1n) is 7.73. The quantitative estimate of drug-likeness (QED) is 0.756. The third kappa shape index (κ3) is 5.76. The molecule has 0 unspecified atom stereocenters. The molecule has 1 fully saturated rings. The van der Waals surface area contributed by atoms with Crippen molar-refractivity contribution in [3.63, 3.8) is 0 Å². The Morgan fingerprint density at radius 3 is 2.52 bits per heavy atom. The molecule has 7 nitrogen and oxygen atoms in total. The van der Waals surface area contributed by atoms with E-state index in [1.165, 1.54) is 6.07 Å². The molecule has 0 bridgehead atoms. The Morgan fingerprint density at radius 2 is 1.96 bits per heavy atom. The molecule has 2 rings (SSSR count). The van der Waals surface area contributed by atoms with Gasteiger partial charge in [-0.1, -0.05) is 23.2 Å². The number of carbonyl (C=O) groups excluding carboxylic acids is 3. The molecule has 0 aromatic carbocycles. The van der Waals surface area contributed by atoms with Gasteiger partial charge in [0.1, 0.15) is 4.34 Å². The maximum Gasteiger partial charge on any atom is 0.409 e. The van der Waals surface area contributed by atoms with E-state index in [-0.39, 0.29) is 22.0 Å². The van der Waals surface area contributed by atoms with Crippen molar-refractivity contribution >= 4 is 52.5 Å². The summed E-state index contributed by atoms with van der Waals surface area (Å²) in [6.45, 7) is 2.70. The van der Waals surface area contributed by atoms with Crippen LogP contribution < -0.4 is 5.32 Å². The number of esters is 1. The number of piperidine rings is 1. The number of carbonyl (C=O) groups is 3. The van der Waals surface area contributed by atoms with E-state index in [4.69, 9.17) is 32.7 Å². The third-order valence-electron chi connectivity index (χ3n) is 3.60. The summed E-state index contributed by atoms with van der Waals surface area (Å²) >= 11 is 12.7. The highest BCUT2D eigenvalue weighted by Gasteiger charge is 2.25. The van der Waals surface area contributed by atoms with Gasteiger partial charge < -0.3 is 19.7 Å².